The summed E-state index contributed by atoms with van der Waals surface area (Å²) in [5.41, 5.74) is 2.93. The third kappa shape index (κ3) is 8.79. The maximum absolute atomic E-state index is 13.3. The zero-order valence-corrected chi connectivity index (χ0v) is 23.8. The van der Waals surface area contributed by atoms with Gasteiger partial charge >= 0.3 is 12.2 Å². The zero-order valence-electron chi connectivity index (χ0n) is 23.8. The number of unbranched alkanes of at least 4 members (excludes halogenated alkanes) is 1. The fourth-order valence-electron chi connectivity index (χ4n) is 4.65. The highest BCUT2D eigenvalue weighted by Crippen LogP contribution is 2.28. The van der Waals surface area contributed by atoms with Gasteiger partial charge in [0.1, 0.15) is 0 Å². The molecule has 0 saturated heterocycles. The standard InChI is InChI=1S/C31H36F3N7O/c1-3-9-27(39-29-35-20-26(21-36-29)31(32,33)34)12-7-8-17-41(30(42)37-18-23-10-5-4-6-11-23)28-15-13-24(14-16-28)25-19-38-40(2)22-25/h4-6,10-11,13-16,19-22,27H,3,7-9,12,17-18H2,1-2H3,(H,37,42)(H,35,36,39). The molecule has 0 fully saturated rings. The Morgan fingerprint density at radius 3 is 2.29 bits per heavy atom. The highest BCUT2D eigenvalue weighted by molar-refractivity contribution is 5.92. The second-order valence-electron chi connectivity index (χ2n) is 10.2. The Labute approximate surface area is 244 Å². The van der Waals surface area contributed by atoms with Gasteiger partial charge in [-0.1, -0.05) is 55.8 Å². The summed E-state index contributed by atoms with van der Waals surface area (Å²) < 4.78 is 40.3. The fraction of sp³-hybridized carbons (Fsp3) is 0.355. The van der Waals surface area contributed by atoms with Crippen LogP contribution in [0.5, 0.6) is 0 Å². The molecule has 1 unspecified atom stereocenters. The van der Waals surface area contributed by atoms with Crippen molar-refractivity contribution >= 4 is 17.7 Å². The maximum Gasteiger partial charge on any atom is 0.419 e. The molecule has 2 aromatic heterocycles. The van der Waals surface area contributed by atoms with Crippen LogP contribution in [0.2, 0.25) is 0 Å². The molecule has 42 heavy (non-hydrogen) atoms. The molecule has 2 amide bonds. The topological polar surface area (TPSA) is 88.0 Å². The minimum absolute atomic E-state index is 0.00543. The first-order valence-corrected chi connectivity index (χ1v) is 14.1. The number of rotatable bonds is 13. The molecule has 0 radical (unpaired) electrons. The van der Waals surface area contributed by atoms with Gasteiger partial charge in [0.2, 0.25) is 5.95 Å². The van der Waals surface area contributed by atoms with Crippen molar-refractivity contribution in [1.29, 1.82) is 0 Å². The van der Waals surface area contributed by atoms with Crippen molar-refractivity contribution in [3.63, 3.8) is 0 Å². The van der Waals surface area contributed by atoms with Crippen molar-refractivity contribution in [2.45, 2.75) is 57.8 Å². The van der Waals surface area contributed by atoms with E-state index in [1.54, 1.807) is 15.8 Å². The van der Waals surface area contributed by atoms with Crippen molar-refractivity contribution in [3.05, 3.63) is 90.5 Å². The summed E-state index contributed by atoms with van der Waals surface area (Å²) in [6, 6.07) is 17.4. The number of urea groups is 1. The summed E-state index contributed by atoms with van der Waals surface area (Å²) in [5.74, 6) is 0.178. The first-order chi connectivity index (χ1) is 20.2. The number of nitrogens with one attached hydrogen (secondary N) is 2. The van der Waals surface area contributed by atoms with Crippen molar-refractivity contribution in [2.24, 2.45) is 7.05 Å². The van der Waals surface area contributed by atoms with Crippen molar-refractivity contribution < 1.29 is 18.0 Å². The molecule has 2 aromatic carbocycles. The van der Waals surface area contributed by atoms with Gasteiger partial charge in [0.25, 0.3) is 0 Å². The molecular formula is C31H36F3N7O. The average Bonchev–Trinajstić information content (AvgIpc) is 3.42. The Morgan fingerprint density at radius 1 is 0.952 bits per heavy atom. The van der Waals surface area contributed by atoms with Gasteiger partial charge in [0, 0.05) is 56.0 Å². The quantitative estimate of drug-likeness (QED) is 0.166. The summed E-state index contributed by atoms with van der Waals surface area (Å²) in [6.07, 6.45) is 4.88. The Bertz CT molecular complexity index is 1390. The van der Waals surface area contributed by atoms with E-state index in [1.807, 2.05) is 67.8 Å². The van der Waals surface area contributed by atoms with Crippen molar-refractivity contribution in [3.8, 4) is 11.1 Å². The normalized spacial score (nSPS) is 12.1. The maximum atomic E-state index is 13.3. The summed E-state index contributed by atoms with van der Waals surface area (Å²) in [6.45, 7) is 2.97. The predicted octanol–water partition coefficient (Wildman–Crippen LogP) is 7.06. The van der Waals surface area contributed by atoms with E-state index in [9.17, 15) is 18.0 Å². The first-order valence-electron chi connectivity index (χ1n) is 14.1. The van der Waals surface area contributed by atoms with Crippen molar-refractivity contribution in [2.75, 3.05) is 16.8 Å². The van der Waals surface area contributed by atoms with Gasteiger partial charge in [0.15, 0.2) is 0 Å². The summed E-state index contributed by atoms with van der Waals surface area (Å²) in [4.78, 5) is 22.8. The minimum atomic E-state index is -4.47. The number of halogens is 3. The summed E-state index contributed by atoms with van der Waals surface area (Å²) in [7, 11) is 1.87. The van der Waals surface area contributed by atoms with Crippen LogP contribution < -0.4 is 15.5 Å². The van der Waals surface area contributed by atoms with Crippen molar-refractivity contribution in [1.82, 2.24) is 25.1 Å². The number of amides is 2. The van der Waals surface area contributed by atoms with Crippen LogP contribution in [0.1, 0.15) is 50.2 Å². The molecule has 2 heterocycles. The van der Waals surface area contributed by atoms with E-state index in [0.29, 0.717) is 13.1 Å². The zero-order chi connectivity index (χ0) is 30.0. The van der Waals surface area contributed by atoms with E-state index in [2.05, 4.69) is 32.6 Å². The smallest absolute Gasteiger partial charge is 0.351 e. The largest absolute Gasteiger partial charge is 0.419 e. The van der Waals surface area contributed by atoms with E-state index in [-0.39, 0.29) is 18.0 Å². The molecule has 0 aliphatic carbocycles. The van der Waals surface area contributed by atoms with Gasteiger partial charge in [-0.05, 0) is 48.9 Å². The van der Waals surface area contributed by atoms with Gasteiger partial charge in [-0.2, -0.15) is 18.3 Å². The molecule has 4 rings (SSSR count). The average molecular weight is 580 g/mol. The summed E-state index contributed by atoms with van der Waals surface area (Å²) in [5, 5.41) is 10.4. The van der Waals surface area contributed by atoms with Crippen LogP contribution in [0.15, 0.2) is 79.4 Å². The van der Waals surface area contributed by atoms with E-state index >= 15 is 0 Å². The number of carbonyl (C=O) groups is 1. The SMILES string of the molecule is CCCC(CCCCN(C(=O)NCc1ccccc1)c1ccc(-c2cnn(C)c2)cc1)Nc1ncc(C(F)(F)F)cn1. The van der Waals surface area contributed by atoms with E-state index in [4.69, 9.17) is 0 Å². The monoisotopic (exact) mass is 579 g/mol. The number of anilines is 2. The molecule has 0 bridgehead atoms. The molecule has 8 nitrogen and oxygen atoms in total. The lowest BCUT2D eigenvalue weighted by molar-refractivity contribution is -0.138. The number of aryl methyl sites for hydroxylation is 1. The number of hydrogen-bond donors (Lipinski definition) is 2. The van der Waals surface area contributed by atoms with Crippen LogP contribution in [0, 0.1) is 0 Å². The molecule has 222 valence electrons. The van der Waals surface area contributed by atoms with Gasteiger partial charge in [-0.15, -0.1) is 0 Å². The molecule has 4 aromatic rings. The molecule has 0 saturated carbocycles. The number of aromatic nitrogens is 4. The fourth-order valence-corrected chi connectivity index (χ4v) is 4.65. The first kappa shape index (κ1) is 30.5. The number of hydrogen-bond acceptors (Lipinski definition) is 5. The molecule has 0 aliphatic rings. The number of benzene rings is 2. The Balaban J connectivity index is 1.38. The molecule has 11 heteroatoms. The van der Waals surface area contributed by atoms with Crippen LogP contribution in [0.3, 0.4) is 0 Å². The highest BCUT2D eigenvalue weighted by atomic mass is 19.4. The van der Waals surface area contributed by atoms with E-state index in [0.717, 1.165) is 66.9 Å². The lowest BCUT2D eigenvalue weighted by atomic mass is 10.0. The number of nitrogens with zero attached hydrogens (tertiary/aromatic N) is 5. The number of alkyl halides is 3. The number of carbonyl (C=O) groups excluding carboxylic acids is 1. The lowest BCUT2D eigenvalue weighted by Crippen LogP contribution is -2.40. The van der Waals surface area contributed by atoms with E-state index < -0.39 is 11.7 Å². The van der Waals surface area contributed by atoms with Crippen LogP contribution in [-0.2, 0) is 19.8 Å². The van der Waals surface area contributed by atoms with Gasteiger partial charge < -0.3 is 10.6 Å². The second kappa shape index (κ2) is 14.5. The van der Waals surface area contributed by atoms with Gasteiger partial charge in [-0.25, -0.2) is 14.8 Å². The van der Waals surface area contributed by atoms with Crippen LogP contribution >= 0.6 is 0 Å². The van der Waals surface area contributed by atoms with Crippen LogP contribution in [-0.4, -0.2) is 38.4 Å². The molecule has 2 N–H and O–H groups in total. The van der Waals surface area contributed by atoms with Crippen LogP contribution in [0.25, 0.3) is 11.1 Å². The molecular weight excluding hydrogens is 543 g/mol. The summed E-state index contributed by atoms with van der Waals surface area (Å²) >= 11 is 0. The van der Waals surface area contributed by atoms with E-state index in [1.165, 1.54) is 0 Å². The second-order valence-corrected chi connectivity index (χ2v) is 10.2. The van der Waals surface area contributed by atoms with Crippen LogP contribution in [0.4, 0.5) is 29.6 Å². The molecule has 0 spiro atoms. The third-order valence-corrected chi connectivity index (χ3v) is 6.88. The molecule has 1 atom stereocenters. The minimum Gasteiger partial charge on any atom is -0.351 e. The van der Waals surface area contributed by atoms with Gasteiger partial charge in [0.05, 0.1) is 11.8 Å². The Kier molecular flexibility index (Phi) is 10.5. The Morgan fingerprint density at radius 2 is 1.67 bits per heavy atom. The van der Waals surface area contributed by atoms with Gasteiger partial charge in [-0.3, -0.25) is 9.58 Å². The predicted molar refractivity (Wildman–Crippen MR) is 158 cm³/mol. The Hall–Kier alpha value is -4.41. The highest BCUT2D eigenvalue weighted by Gasteiger charge is 2.31. The lowest BCUT2D eigenvalue weighted by Gasteiger charge is -2.24. The third-order valence-electron chi connectivity index (χ3n) is 6.88. The molecule has 0 aliphatic heterocycles.